The average Bonchev–Trinajstić information content (AvgIpc) is 2.47. The van der Waals surface area contributed by atoms with Crippen LogP contribution in [0.25, 0.3) is 0 Å². The minimum Gasteiger partial charge on any atom is -0.260 e. The lowest BCUT2D eigenvalue weighted by Gasteiger charge is -2.14. The van der Waals surface area contributed by atoms with Gasteiger partial charge >= 0.3 is 0 Å². The largest absolute Gasteiger partial charge is 0.260 e. The van der Waals surface area contributed by atoms with E-state index in [1.54, 1.807) is 31.3 Å². The van der Waals surface area contributed by atoms with Crippen LogP contribution in [0.4, 0.5) is 0 Å². The fourth-order valence-electron chi connectivity index (χ4n) is 1.75. The first-order valence-electron chi connectivity index (χ1n) is 6.07. The Bertz CT molecular complexity index is 786. The highest BCUT2D eigenvalue weighted by atomic mass is 35.5. The third-order valence-electron chi connectivity index (χ3n) is 2.83. The van der Waals surface area contributed by atoms with Gasteiger partial charge in [0.05, 0.1) is 27.2 Å². The van der Waals surface area contributed by atoms with Gasteiger partial charge in [-0.05, 0) is 37.3 Å². The van der Waals surface area contributed by atoms with Crippen molar-refractivity contribution in [3.05, 3.63) is 58.9 Å². The van der Waals surface area contributed by atoms with Crippen LogP contribution in [-0.4, -0.2) is 13.4 Å². The molecule has 0 unspecified atom stereocenters. The van der Waals surface area contributed by atoms with E-state index in [2.05, 4.69) is 9.71 Å². The zero-order valence-corrected chi connectivity index (χ0v) is 12.7. The van der Waals surface area contributed by atoms with Crippen LogP contribution >= 0.6 is 11.6 Å². The number of halogens is 1. The molecule has 1 aromatic heterocycles. The molecule has 0 bridgehead atoms. The molecule has 108 valence electrons. The molecule has 0 aliphatic heterocycles. The molecule has 0 saturated carbocycles. The Morgan fingerprint density at radius 3 is 2.67 bits per heavy atom. The third kappa shape index (κ3) is 3.58. The maximum absolute atomic E-state index is 12.3. The highest BCUT2D eigenvalue weighted by molar-refractivity contribution is 7.89. The molecule has 0 aliphatic rings. The highest BCUT2D eigenvalue weighted by Gasteiger charge is 2.20. The number of rotatable bonds is 4. The third-order valence-corrected chi connectivity index (χ3v) is 4.69. The SMILES string of the molecule is C[C@@H](NS(=O)(=O)c1ccc(C#N)c(Cl)c1)c1ccccn1. The van der Waals surface area contributed by atoms with Crippen LogP contribution in [0, 0.1) is 11.3 Å². The van der Waals surface area contributed by atoms with Gasteiger partial charge in [0, 0.05) is 6.20 Å². The van der Waals surface area contributed by atoms with Crippen molar-refractivity contribution in [3.8, 4) is 6.07 Å². The van der Waals surface area contributed by atoms with Gasteiger partial charge in [-0.15, -0.1) is 0 Å². The molecule has 1 N–H and O–H groups in total. The van der Waals surface area contributed by atoms with E-state index >= 15 is 0 Å². The van der Waals surface area contributed by atoms with Gasteiger partial charge in [-0.25, -0.2) is 13.1 Å². The van der Waals surface area contributed by atoms with Gasteiger partial charge in [-0.1, -0.05) is 17.7 Å². The first kappa shape index (κ1) is 15.4. The standard InChI is InChI=1S/C14H12ClN3O2S/c1-10(14-4-2-3-7-17-14)18-21(19,20)12-6-5-11(9-16)13(15)8-12/h2-8,10,18H,1H3/t10-/m1/s1. The predicted octanol–water partition coefficient (Wildman–Crippen LogP) is 2.65. The van der Waals surface area contributed by atoms with E-state index in [0.29, 0.717) is 5.69 Å². The molecule has 1 atom stereocenters. The minimum absolute atomic E-state index is 0.00859. The summed E-state index contributed by atoms with van der Waals surface area (Å²) in [5.41, 5.74) is 0.842. The highest BCUT2D eigenvalue weighted by Crippen LogP contribution is 2.21. The normalized spacial score (nSPS) is 12.6. The van der Waals surface area contributed by atoms with E-state index in [1.165, 1.54) is 18.2 Å². The van der Waals surface area contributed by atoms with Crippen molar-refractivity contribution >= 4 is 21.6 Å². The van der Waals surface area contributed by atoms with Crippen molar-refractivity contribution < 1.29 is 8.42 Å². The molecule has 0 spiro atoms. The predicted molar refractivity (Wildman–Crippen MR) is 79.1 cm³/mol. The zero-order chi connectivity index (χ0) is 15.5. The molecular weight excluding hydrogens is 310 g/mol. The topological polar surface area (TPSA) is 82.9 Å². The molecule has 0 fully saturated rings. The summed E-state index contributed by atoms with van der Waals surface area (Å²) in [6, 6.07) is 10.7. The number of nitriles is 1. The number of hydrogen-bond acceptors (Lipinski definition) is 4. The molecule has 21 heavy (non-hydrogen) atoms. The van der Waals surface area contributed by atoms with E-state index < -0.39 is 16.1 Å². The molecule has 0 saturated heterocycles. The van der Waals surface area contributed by atoms with E-state index in [-0.39, 0.29) is 15.5 Å². The second kappa shape index (κ2) is 6.22. The van der Waals surface area contributed by atoms with Gasteiger partial charge in [-0.2, -0.15) is 5.26 Å². The summed E-state index contributed by atoms with van der Waals surface area (Å²) < 4.78 is 27.1. The maximum Gasteiger partial charge on any atom is 0.241 e. The number of nitrogens with one attached hydrogen (secondary N) is 1. The lowest BCUT2D eigenvalue weighted by molar-refractivity contribution is 0.564. The fourth-order valence-corrected chi connectivity index (χ4v) is 3.28. The molecule has 0 radical (unpaired) electrons. The number of benzene rings is 1. The summed E-state index contributed by atoms with van der Waals surface area (Å²) in [6.07, 6.45) is 1.60. The minimum atomic E-state index is -3.74. The van der Waals surface area contributed by atoms with Crippen LogP contribution in [0.2, 0.25) is 5.02 Å². The van der Waals surface area contributed by atoms with Crippen molar-refractivity contribution in [2.75, 3.05) is 0 Å². The first-order chi connectivity index (χ1) is 9.94. The van der Waals surface area contributed by atoms with Crippen molar-refractivity contribution in [1.29, 1.82) is 5.26 Å². The number of nitrogens with zero attached hydrogens (tertiary/aromatic N) is 2. The average molecular weight is 322 g/mol. The van der Waals surface area contributed by atoms with Crippen LogP contribution in [0.15, 0.2) is 47.5 Å². The number of sulfonamides is 1. The molecule has 1 heterocycles. The summed E-state index contributed by atoms with van der Waals surface area (Å²) in [6.45, 7) is 1.70. The van der Waals surface area contributed by atoms with Gasteiger partial charge < -0.3 is 0 Å². The molecule has 0 aliphatic carbocycles. The Hall–Kier alpha value is -1.94. The molecule has 1 aromatic carbocycles. The Kier molecular flexibility index (Phi) is 4.58. The van der Waals surface area contributed by atoms with Gasteiger partial charge in [0.1, 0.15) is 6.07 Å². The first-order valence-corrected chi connectivity index (χ1v) is 7.93. The van der Waals surface area contributed by atoms with Gasteiger partial charge in [0.15, 0.2) is 0 Å². The van der Waals surface area contributed by atoms with Crippen molar-refractivity contribution in [3.63, 3.8) is 0 Å². The molecule has 2 aromatic rings. The van der Waals surface area contributed by atoms with Crippen LogP contribution in [-0.2, 0) is 10.0 Å². The Morgan fingerprint density at radius 1 is 1.33 bits per heavy atom. The molecule has 0 amide bonds. The second-order valence-corrected chi connectivity index (χ2v) is 6.47. The van der Waals surface area contributed by atoms with E-state index in [4.69, 9.17) is 16.9 Å². The quantitative estimate of drug-likeness (QED) is 0.938. The molecular formula is C14H12ClN3O2S. The van der Waals surface area contributed by atoms with Gasteiger partial charge in [0.2, 0.25) is 10.0 Å². The van der Waals surface area contributed by atoms with Crippen LogP contribution < -0.4 is 4.72 Å². The number of hydrogen-bond donors (Lipinski definition) is 1. The van der Waals surface area contributed by atoms with Gasteiger partial charge in [0.25, 0.3) is 0 Å². The van der Waals surface area contributed by atoms with Crippen LogP contribution in [0.3, 0.4) is 0 Å². The summed E-state index contributed by atoms with van der Waals surface area (Å²) in [5.74, 6) is 0. The van der Waals surface area contributed by atoms with Crippen molar-refractivity contribution in [2.24, 2.45) is 0 Å². The summed E-state index contributed by atoms with van der Waals surface area (Å²) in [7, 11) is -3.74. The molecule has 5 nitrogen and oxygen atoms in total. The molecule has 7 heteroatoms. The lowest BCUT2D eigenvalue weighted by atomic mass is 10.2. The summed E-state index contributed by atoms with van der Waals surface area (Å²) in [5, 5.41) is 8.90. The maximum atomic E-state index is 12.3. The monoisotopic (exact) mass is 321 g/mol. The van der Waals surface area contributed by atoms with Crippen LogP contribution in [0.1, 0.15) is 24.2 Å². The number of pyridine rings is 1. The number of aromatic nitrogens is 1. The van der Waals surface area contributed by atoms with E-state index in [9.17, 15) is 8.42 Å². The fraction of sp³-hybridized carbons (Fsp3) is 0.143. The smallest absolute Gasteiger partial charge is 0.241 e. The summed E-state index contributed by atoms with van der Waals surface area (Å²) >= 11 is 5.86. The van der Waals surface area contributed by atoms with Crippen molar-refractivity contribution in [2.45, 2.75) is 17.9 Å². The Labute approximate surface area is 128 Å². The van der Waals surface area contributed by atoms with Gasteiger partial charge in [-0.3, -0.25) is 4.98 Å². The Morgan fingerprint density at radius 2 is 2.10 bits per heavy atom. The van der Waals surface area contributed by atoms with E-state index in [1.807, 2.05) is 6.07 Å². The molecule has 2 rings (SSSR count). The van der Waals surface area contributed by atoms with Crippen molar-refractivity contribution in [1.82, 2.24) is 9.71 Å². The zero-order valence-electron chi connectivity index (χ0n) is 11.1. The van der Waals surface area contributed by atoms with Crippen LogP contribution in [0.5, 0.6) is 0 Å². The lowest BCUT2D eigenvalue weighted by Crippen LogP contribution is -2.27. The summed E-state index contributed by atoms with van der Waals surface area (Å²) in [4.78, 5) is 4.11. The van der Waals surface area contributed by atoms with E-state index in [0.717, 1.165) is 0 Å². The Balaban J connectivity index is 2.27. The second-order valence-electron chi connectivity index (χ2n) is 4.35.